The number of hydrogen-bond acceptors (Lipinski definition) is 8. The lowest BCUT2D eigenvalue weighted by atomic mass is 10.1. The van der Waals surface area contributed by atoms with Crippen molar-refractivity contribution in [3.8, 4) is 34.5 Å². The minimum Gasteiger partial charge on any atom is -0.612 e. The Morgan fingerprint density at radius 3 is 1.48 bits per heavy atom. The lowest BCUT2D eigenvalue weighted by molar-refractivity contribution is -0.112. The van der Waals surface area contributed by atoms with Gasteiger partial charge in [-0.1, -0.05) is 0 Å². The van der Waals surface area contributed by atoms with Crippen molar-refractivity contribution in [3.05, 3.63) is 46.9 Å². The molecule has 0 aliphatic heterocycles. The normalized spacial score (nSPS) is 12.0. The van der Waals surface area contributed by atoms with Crippen LogP contribution in [0.25, 0.3) is 12.2 Å². The number of rotatable bonds is 12. The highest BCUT2D eigenvalue weighted by Gasteiger charge is 2.15. The molecule has 0 amide bonds. The number of carbonyl (C=O) groups is 1. The Balaban J connectivity index is 2.17. The molecule has 2 rings (SSSR count). The second-order valence-corrected chi connectivity index (χ2v) is 7.84. The molecule has 1 atom stereocenters. The molecule has 9 heteroatoms. The van der Waals surface area contributed by atoms with E-state index in [4.69, 9.17) is 28.4 Å². The SMILES string of the molecule is COc1cc(OC)c(C=CC(=O)C[S+]([O-])C=Cc2c(OC)cc(OC)cc2OC)c(OC)c1. The van der Waals surface area contributed by atoms with Gasteiger partial charge in [0.2, 0.25) is 5.78 Å². The smallest absolute Gasteiger partial charge is 0.205 e. The highest BCUT2D eigenvalue weighted by molar-refractivity contribution is 7.95. The molecule has 178 valence electrons. The van der Waals surface area contributed by atoms with Crippen molar-refractivity contribution in [2.45, 2.75) is 0 Å². The molecule has 0 radical (unpaired) electrons. The molecule has 0 aliphatic carbocycles. The Kier molecular flexibility index (Phi) is 9.96. The molecule has 1 unspecified atom stereocenters. The summed E-state index contributed by atoms with van der Waals surface area (Å²) in [5.41, 5.74) is 1.16. The second kappa shape index (κ2) is 12.7. The first-order chi connectivity index (χ1) is 15.9. The van der Waals surface area contributed by atoms with Gasteiger partial charge in [-0.05, 0) is 23.3 Å². The van der Waals surface area contributed by atoms with Crippen LogP contribution in [0.15, 0.2) is 35.7 Å². The molecule has 0 spiro atoms. The van der Waals surface area contributed by atoms with E-state index in [1.54, 1.807) is 36.4 Å². The predicted molar refractivity (Wildman–Crippen MR) is 128 cm³/mol. The molecule has 33 heavy (non-hydrogen) atoms. The second-order valence-electron chi connectivity index (χ2n) is 6.52. The summed E-state index contributed by atoms with van der Waals surface area (Å²) < 4.78 is 44.4. The van der Waals surface area contributed by atoms with Gasteiger partial charge in [-0.2, -0.15) is 0 Å². The maximum Gasteiger partial charge on any atom is 0.205 e. The van der Waals surface area contributed by atoms with Crippen molar-refractivity contribution < 1.29 is 37.8 Å². The third-order valence-electron chi connectivity index (χ3n) is 4.61. The lowest BCUT2D eigenvalue weighted by Gasteiger charge is -2.13. The highest BCUT2D eigenvalue weighted by atomic mass is 32.2. The number of methoxy groups -OCH3 is 6. The molecule has 0 N–H and O–H groups in total. The standard InChI is InChI=1S/C24H28O8S/c1-27-17-11-21(29-3)19(22(12-17)30-4)8-7-16(25)15-33(26)10-9-20-23(31-5)13-18(28-2)14-24(20)32-6/h7-14H,15H2,1-6H3. The van der Waals surface area contributed by atoms with E-state index in [0.717, 1.165) is 0 Å². The Morgan fingerprint density at radius 1 is 0.727 bits per heavy atom. The lowest BCUT2D eigenvalue weighted by Crippen LogP contribution is -2.11. The monoisotopic (exact) mass is 476 g/mol. The molecule has 2 aromatic rings. The summed E-state index contributed by atoms with van der Waals surface area (Å²) in [5.74, 6) is 2.54. The molecule has 0 aromatic heterocycles. The van der Waals surface area contributed by atoms with Crippen LogP contribution in [0.1, 0.15) is 11.1 Å². The zero-order chi connectivity index (χ0) is 24.4. The average molecular weight is 477 g/mol. The van der Waals surface area contributed by atoms with Crippen molar-refractivity contribution in [1.29, 1.82) is 0 Å². The molecule has 0 aliphatic rings. The van der Waals surface area contributed by atoms with Crippen LogP contribution < -0.4 is 28.4 Å². The van der Waals surface area contributed by atoms with Crippen LogP contribution in [0.4, 0.5) is 0 Å². The van der Waals surface area contributed by atoms with E-state index in [1.807, 2.05) is 0 Å². The van der Waals surface area contributed by atoms with Gasteiger partial charge in [-0.15, -0.1) is 0 Å². The maximum atomic E-state index is 12.5. The van der Waals surface area contributed by atoms with Gasteiger partial charge in [0.25, 0.3) is 0 Å². The summed E-state index contributed by atoms with van der Waals surface area (Å²) in [6.45, 7) is 0. The summed E-state index contributed by atoms with van der Waals surface area (Å²) in [4.78, 5) is 12.4. The number of allylic oxidation sites excluding steroid dienone is 1. The number of ketones is 1. The van der Waals surface area contributed by atoms with E-state index < -0.39 is 11.2 Å². The van der Waals surface area contributed by atoms with Crippen molar-refractivity contribution in [3.63, 3.8) is 0 Å². The number of hydrogen-bond donors (Lipinski definition) is 0. The molecule has 2 aromatic carbocycles. The number of benzene rings is 2. The Morgan fingerprint density at radius 2 is 1.12 bits per heavy atom. The van der Waals surface area contributed by atoms with Crippen LogP contribution in [0.5, 0.6) is 34.5 Å². The first-order valence-electron chi connectivity index (χ1n) is 9.77. The summed E-state index contributed by atoms with van der Waals surface area (Å²) in [5, 5.41) is 1.42. The summed E-state index contributed by atoms with van der Waals surface area (Å²) in [6, 6.07) is 6.75. The first kappa shape index (κ1) is 26.0. The molecule has 0 fully saturated rings. The topological polar surface area (TPSA) is 95.5 Å². The highest BCUT2D eigenvalue weighted by Crippen LogP contribution is 2.36. The molecule has 0 bridgehead atoms. The van der Waals surface area contributed by atoms with Crippen molar-refractivity contribution in [2.24, 2.45) is 0 Å². The van der Waals surface area contributed by atoms with Gasteiger partial charge in [0.15, 0.2) is 5.75 Å². The zero-order valence-electron chi connectivity index (χ0n) is 19.5. The van der Waals surface area contributed by atoms with Crippen molar-refractivity contribution in [1.82, 2.24) is 0 Å². The minimum absolute atomic E-state index is 0.200. The Hall–Kier alpha value is -3.30. The van der Waals surface area contributed by atoms with Gasteiger partial charge < -0.3 is 33.0 Å². The van der Waals surface area contributed by atoms with Crippen LogP contribution in [-0.2, 0) is 16.0 Å². The van der Waals surface area contributed by atoms with Crippen molar-refractivity contribution >= 4 is 29.1 Å². The fourth-order valence-electron chi connectivity index (χ4n) is 2.95. The fraction of sp³-hybridized carbons (Fsp3) is 0.292. The van der Waals surface area contributed by atoms with E-state index in [2.05, 4.69) is 0 Å². The summed E-state index contributed by atoms with van der Waals surface area (Å²) in [6.07, 6.45) is 4.50. The van der Waals surface area contributed by atoms with Gasteiger partial charge in [0, 0.05) is 30.3 Å². The summed E-state index contributed by atoms with van der Waals surface area (Å²) >= 11 is -1.56. The van der Waals surface area contributed by atoms with Crippen LogP contribution in [0.3, 0.4) is 0 Å². The molecule has 0 saturated heterocycles. The number of ether oxygens (including phenoxy) is 6. The van der Waals surface area contributed by atoms with E-state index >= 15 is 0 Å². The van der Waals surface area contributed by atoms with Gasteiger partial charge in [0.05, 0.1) is 53.8 Å². The van der Waals surface area contributed by atoms with Crippen LogP contribution in [0, 0.1) is 0 Å². The quantitative estimate of drug-likeness (QED) is 0.338. The van der Waals surface area contributed by atoms with Gasteiger partial charge in [0.1, 0.15) is 39.9 Å². The Bertz CT molecular complexity index is 966. The summed E-state index contributed by atoms with van der Waals surface area (Å²) in [7, 11) is 9.11. The largest absolute Gasteiger partial charge is 0.612 e. The third kappa shape index (κ3) is 6.84. The van der Waals surface area contributed by atoms with Gasteiger partial charge >= 0.3 is 0 Å². The van der Waals surface area contributed by atoms with Crippen molar-refractivity contribution in [2.75, 3.05) is 48.4 Å². The van der Waals surface area contributed by atoms with Crippen LogP contribution in [-0.4, -0.2) is 58.7 Å². The minimum atomic E-state index is -1.56. The first-order valence-corrected chi connectivity index (χ1v) is 11.1. The van der Waals surface area contributed by atoms with Crippen LogP contribution >= 0.6 is 0 Å². The molecule has 0 saturated carbocycles. The predicted octanol–water partition coefficient (Wildman–Crippen LogP) is 3.74. The molecule has 0 heterocycles. The molecule has 8 nitrogen and oxygen atoms in total. The van der Waals surface area contributed by atoms with E-state index in [9.17, 15) is 9.35 Å². The molecular formula is C24H28O8S. The fourth-order valence-corrected chi connectivity index (χ4v) is 3.71. The molecular weight excluding hydrogens is 448 g/mol. The third-order valence-corrected chi connectivity index (χ3v) is 5.62. The van der Waals surface area contributed by atoms with E-state index in [-0.39, 0.29) is 11.5 Å². The van der Waals surface area contributed by atoms with E-state index in [1.165, 1.54) is 54.1 Å². The number of carbonyl (C=O) groups excluding carboxylic acids is 1. The van der Waals surface area contributed by atoms with Gasteiger partial charge in [-0.25, -0.2) is 0 Å². The maximum absolute atomic E-state index is 12.5. The average Bonchev–Trinajstić information content (AvgIpc) is 2.84. The van der Waals surface area contributed by atoms with Crippen LogP contribution in [0.2, 0.25) is 0 Å². The zero-order valence-corrected chi connectivity index (χ0v) is 20.3. The van der Waals surface area contributed by atoms with E-state index in [0.29, 0.717) is 45.6 Å². The van der Waals surface area contributed by atoms with Gasteiger partial charge in [-0.3, -0.25) is 4.79 Å². The Labute approximate surface area is 196 Å².